The Morgan fingerprint density at radius 1 is 0.905 bits per heavy atom. The fraction of sp³-hybridized carbons (Fsp3) is 0.250. The lowest BCUT2D eigenvalue weighted by Crippen LogP contribution is -2.20. The van der Waals surface area contributed by atoms with Crippen molar-refractivity contribution in [2.45, 2.75) is 26.4 Å². The predicted molar refractivity (Wildman–Crippen MR) is 74.8 cm³/mol. The van der Waals surface area contributed by atoms with Gasteiger partial charge in [-0.25, -0.2) is 0 Å². The molecule has 0 spiro atoms. The second-order valence-corrected chi connectivity index (χ2v) is 4.69. The fourth-order valence-corrected chi connectivity index (χ4v) is 2.01. The quantitative estimate of drug-likeness (QED) is 0.893. The van der Waals surface area contributed by atoms with Crippen LogP contribution in [0.5, 0.6) is 5.75 Å². The Kier molecular flexibility index (Phi) is 4.85. The minimum atomic E-state index is -4.67. The summed E-state index contributed by atoms with van der Waals surface area (Å²) in [6.07, 6.45) is -4.67. The lowest BCUT2D eigenvalue weighted by molar-refractivity contribution is -0.274. The summed E-state index contributed by atoms with van der Waals surface area (Å²) in [4.78, 5) is 0. The van der Waals surface area contributed by atoms with E-state index < -0.39 is 6.36 Å². The second-order valence-electron chi connectivity index (χ2n) is 4.69. The summed E-state index contributed by atoms with van der Waals surface area (Å²) >= 11 is 0. The van der Waals surface area contributed by atoms with Gasteiger partial charge in [-0.15, -0.1) is 13.2 Å². The SMILES string of the molecule is Cc1ccccc1CNCc1ccccc1OC(F)(F)F. The summed E-state index contributed by atoms with van der Waals surface area (Å²) in [5.74, 6) is -0.165. The number of rotatable bonds is 5. The highest BCUT2D eigenvalue weighted by Gasteiger charge is 2.31. The number of hydrogen-bond acceptors (Lipinski definition) is 2. The monoisotopic (exact) mass is 295 g/mol. The van der Waals surface area contributed by atoms with Crippen LogP contribution >= 0.6 is 0 Å². The van der Waals surface area contributed by atoms with Crippen LogP contribution in [0.3, 0.4) is 0 Å². The fourth-order valence-electron chi connectivity index (χ4n) is 2.01. The Morgan fingerprint density at radius 2 is 1.48 bits per heavy atom. The van der Waals surface area contributed by atoms with E-state index >= 15 is 0 Å². The van der Waals surface area contributed by atoms with Crippen molar-refractivity contribution in [2.24, 2.45) is 0 Å². The van der Waals surface area contributed by atoms with Crippen molar-refractivity contribution in [3.8, 4) is 5.75 Å². The normalized spacial score (nSPS) is 11.4. The third-order valence-corrected chi connectivity index (χ3v) is 3.09. The molecule has 1 N–H and O–H groups in total. The van der Waals surface area contributed by atoms with E-state index in [1.807, 2.05) is 31.2 Å². The molecular weight excluding hydrogens is 279 g/mol. The molecule has 2 aromatic carbocycles. The zero-order chi connectivity index (χ0) is 15.3. The van der Waals surface area contributed by atoms with Crippen molar-refractivity contribution in [3.63, 3.8) is 0 Å². The van der Waals surface area contributed by atoms with E-state index in [2.05, 4.69) is 10.1 Å². The number of halogens is 3. The molecule has 0 amide bonds. The number of aryl methyl sites for hydroxylation is 1. The van der Waals surface area contributed by atoms with Crippen molar-refractivity contribution in [1.29, 1.82) is 0 Å². The van der Waals surface area contributed by atoms with Crippen LogP contribution in [0.1, 0.15) is 16.7 Å². The van der Waals surface area contributed by atoms with Gasteiger partial charge in [0.05, 0.1) is 0 Å². The van der Waals surface area contributed by atoms with Crippen LogP contribution in [0.25, 0.3) is 0 Å². The van der Waals surface area contributed by atoms with Crippen molar-refractivity contribution < 1.29 is 17.9 Å². The van der Waals surface area contributed by atoms with Gasteiger partial charge in [0.15, 0.2) is 0 Å². The molecule has 0 radical (unpaired) electrons. The van der Waals surface area contributed by atoms with E-state index in [0.29, 0.717) is 18.7 Å². The molecule has 0 saturated heterocycles. The minimum absolute atomic E-state index is 0.165. The van der Waals surface area contributed by atoms with Crippen LogP contribution in [0, 0.1) is 6.92 Å². The van der Waals surface area contributed by atoms with Gasteiger partial charge in [-0.2, -0.15) is 0 Å². The summed E-state index contributed by atoms with van der Waals surface area (Å²) in [6, 6.07) is 14.0. The molecule has 5 heteroatoms. The van der Waals surface area contributed by atoms with E-state index in [-0.39, 0.29) is 5.75 Å². The van der Waals surface area contributed by atoms with Crippen LogP contribution in [0.15, 0.2) is 48.5 Å². The molecule has 21 heavy (non-hydrogen) atoms. The third-order valence-electron chi connectivity index (χ3n) is 3.09. The molecular formula is C16H16F3NO. The van der Waals surface area contributed by atoms with Crippen molar-refractivity contribution in [2.75, 3.05) is 0 Å². The first-order valence-corrected chi connectivity index (χ1v) is 6.54. The molecule has 0 aliphatic carbocycles. The van der Waals surface area contributed by atoms with Crippen molar-refractivity contribution in [3.05, 3.63) is 65.2 Å². The van der Waals surface area contributed by atoms with Crippen LogP contribution in [0.4, 0.5) is 13.2 Å². The van der Waals surface area contributed by atoms with E-state index in [0.717, 1.165) is 11.1 Å². The van der Waals surface area contributed by atoms with E-state index in [1.54, 1.807) is 12.1 Å². The van der Waals surface area contributed by atoms with Crippen LogP contribution < -0.4 is 10.1 Å². The zero-order valence-corrected chi connectivity index (χ0v) is 11.6. The number of hydrogen-bond donors (Lipinski definition) is 1. The Balaban J connectivity index is 1.99. The Bertz CT molecular complexity index is 596. The molecule has 0 atom stereocenters. The van der Waals surface area contributed by atoms with Gasteiger partial charge in [-0.3, -0.25) is 0 Å². The molecule has 0 unspecified atom stereocenters. The first-order chi connectivity index (χ1) is 9.96. The smallest absolute Gasteiger partial charge is 0.405 e. The molecule has 2 aromatic rings. The van der Waals surface area contributed by atoms with Crippen molar-refractivity contribution >= 4 is 0 Å². The molecule has 0 aromatic heterocycles. The van der Waals surface area contributed by atoms with Gasteiger partial charge in [0.1, 0.15) is 5.75 Å². The predicted octanol–water partition coefficient (Wildman–Crippen LogP) is 4.18. The Hall–Kier alpha value is -2.01. The number of para-hydroxylation sites is 1. The van der Waals surface area contributed by atoms with Gasteiger partial charge in [-0.1, -0.05) is 42.5 Å². The van der Waals surface area contributed by atoms with Gasteiger partial charge in [0.2, 0.25) is 0 Å². The van der Waals surface area contributed by atoms with Gasteiger partial charge in [-0.05, 0) is 24.1 Å². The molecule has 0 saturated carbocycles. The number of nitrogens with one attached hydrogen (secondary N) is 1. The molecule has 0 aliphatic heterocycles. The van der Waals surface area contributed by atoms with Crippen LogP contribution in [-0.2, 0) is 13.1 Å². The largest absolute Gasteiger partial charge is 0.573 e. The topological polar surface area (TPSA) is 21.3 Å². The first kappa shape index (κ1) is 15.4. The molecule has 112 valence electrons. The molecule has 0 aliphatic rings. The highest BCUT2D eigenvalue weighted by molar-refractivity contribution is 5.33. The van der Waals surface area contributed by atoms with E-state index in [1.165, 1.54) is 12.1 Å². The number of ether oxygens (including phenoxy) is 1. The van der Waals surface area contributed by atoms with Crippen molar-refractivity contribution in [1.82, 2.24) is 5.32 Å². The standard InChI is InChI=1S/C16H16F3NO/c1-12-6-2-3-7-13(12)10-20-11-14-8-4-5-9-15(14)21-16(17,18)19/h2-9,20H,10-11H2,1H3. The highest BCUT2D eigenvalue weighted by atomic mass is 19.4. The highest BCUT2D eigenvalue weighted by Crippen LogP contribution is 2.26. The van der Waals surface area contributed by atoms with Gasteiger partial charge >= 0.3 is 6.36 Å². The number of benzene rings is 2. The lowest BCUT2D eigenvalue weighted by Gasteiger charge is -2.14. The average molecular weight is 295 g/mol. The van der Waals surface area contributed by atoms with Gasteiger partial charge < -0.3 is 10.1 Å². The Labute approximate surface area is 121 Å². The summed E-state index contributed by atoms with van der Waals surface area (Å²) in [7, 11) is 0. The first-order valence-electron chi connectivity index (χ1n) is 6.54. The summed E-state index contributed by atoms with van der Waals surface area (Å²) in [5, 5.41) is 3.14. The third kappa shape index (κ3) is 4.79. The van der Waals surface area contributed by atoms with E-state index in [9.17, 15) is 13.2 Å². The maximum absolute atomic E-state index is 12.3. The van der Waals surface area contributed by atoms with E-state index in [4.69, 9.17) is 0 Å². The summed E-state index contributed by atoms with van der Waals surface area (Å²) < 4.78 is 41.0. The average Bonchev–Trinajstić information content (AvgIpc) is 2.41. The molecule has 2 nitrogen and oxygen atoms in total. The van der Waals surface area contributed by atoms with Gasteiger partial charge in [0.25, 0.3) is 0 Å². The number of alkyl halides is 3. The summed E-state index contributed by atoms with van der Waals surface area (Å²) in [6.45, 7) is 2.89. The van der Waals surface area contributed by atoms with Crippen LogP contribution in [0.2, 0.25) is 0 Å². The van der Waals surface area contributed by atoms with Gasteiger partial charge in [0, 0.05) is 18.7 Å². The second kappa shape index (κ2) is 6.63. The van der Waals surface area contributed by atoms with Crippen LogP contribution in [-0.4, -0.2) is 6.36 Å². The maximum atomic E-state index is 12.3. The molecule has 0 heterocycles. The molecule has 0 bridgehead atoms. The zero-order valence-electron chi connectivity index (χ0n) is 11.6. The summed E-state index contributed by atoms with van der Waals surface area (Å²) in [5.41, 5.74) is 2.74. The maximum Gasteiger partial charge on any atom is 0.573 e. The molecule has 0 fully saturated rings. The Morgan fingerprint density at radius 3 is 2.14 bits per heavy atom. The molecule has 2 rings (SSSR count). The lowest BCUT2D eigenvalue weighted by atomic mass is 10.1. The minimum Gasteiger partial charge on any atom is -0.405 e.